The quantitative estimate of drug-likeness (QED) is 0.350. The maximum Gasteiger partial charge on any atom is 0.300 e. The molecular weight excluding hydrogens is 421 g/mol. The van der Waals surface area contributed by atoms with Crippen LogP contribution in [0.3, 0.4) is 0 Å². The van der Waals surface area contributed by atoms with Crippen LogP contribution in [0.4, 0.5) is 10.1 Å². The number of nitrogens with zero attached hydrogens (tertiary/aromatic N) is 1. The average Bonchev–Trinajstić information content (AvgIpc) is 3.05. The topological polar surface area (TPSA) is 66.8 Å². The molecule has 1 fully saturated rings. The van der Waals surface area contributed by atoms with Crippen molar-refractivity contribution in [3.63, 3.8) is 0 Å². The standard InChI is InChI=1S/C24H17ClFNO4/c1-31-19-12-4-14(5-13-19)21-20(22(28)15-2-6-16(25)7-3-15)23(29)24(30)27(21)18-10-8-17(26)9-11-18/h2-13,21,28H,1H3. The van der Waals surface area contributed by atoms with Crippen molar-refractivity contribution >= 4 is 34.7 Å². The normalized spacial score (nSPS) is 17.8. The highest BCUT2D eigenvalue weighted by Crippen LogP contribution is 2.42. The fraction of sp³-hybridized carbons (Fsp3) is 0.0833. The van der Waals surface area contributed by atoms with Gasteiger partial charge in [0.2, 0.25) is 0 Å². The number of ether oxygens (including phenoxy) is 1. The summed E-state index contributed by atoms with van der Waals surface area (Å²) in [5.41, 5.74) is 1.20. The van der Waals surface area contributed by atoms with Gasteiger partial charge in [0.25, 0.3) is 11.7 Å². The predicted octanol–water partition coefficient (Wildman–Crippen LogP) is 5.11. The average molecular weight is 438 g/mol. The van der Waals surface area contributed by atoms with E-state index in [1.165, 1.54) is 36.3 Å². The first-order chi connectivity index (χ1) is 14.9. The van der Waals surface area contributed by atoms with Gasteiger partial charge in [0, 0.05) is 16.3 Å². The van der Waals surface area contributed by atoms with Crippen molar-refractivity contribution in [3.8, 4) is 5.75 Å². The summed E-state index contributed by atoms with van der Waals surface area (Å²) < 4.78 is 18.7. The number of amides is 1. The van der Waals surface area contributed by atoms with Gasteiger partial charge in [-0.15, -0.1) is 0 Å². The second kappa shape index (κ2) is 8.24. The zero-order valence-electron chi connectivity index (χ0n) is 16.4. The van der Waals surface area contributed by atoms with Gasteiger partial charge in [0.15, 0.2) is 0 Å². The zero-order chi connectivity index (χ0) is 22.1. The Hall–Kier alpha value is -3.64. The molecule has 7 heteroatoms. The second-order valence-electron chi connectivity index (χ2n) is 6.93. The number of methoxy groups -OCH3 is 1. The molecule has 31 heavy (non-hydrogen) atoms. The third kappa shape index (κ3) is 3.78. The molecule has 0 aliphatic carbocycles. The van der Waals surface area contributed by atoms with E-state index in [2.05, 4.69) is 0 Å². The van der Waals surface area contributed by atoms with E-state index in [9.17, 15) is 19.1 Å². The predicted molar refractivity (Wildman–Crippen MR) is 116 cm³/mol. The van der Waals surface area contributed by atoms with Crippen molar-refractivity contribution in [2.45, 2.75) is 6.04 Å². The number of hydrogen-bond acceptors (Lipinski definition) is 4. The molecule has 1 heterocycles. The van der Waals surface area contributed by atoms with Crippen LogP contribution in [0.2, 0.25) is 5.02 Å². The lowest BCUT2D eigenvalue weighted by Crippen LogP contribution is -2.29. The highest BCUT2D eigenvalue weighted by atomic mass is 35.5. The van der Waals surface area contributed by atoms with E-state index in [-0.39, 0.29) is 11.3 Å². The number of halogens is 2. The smallest absolute Gasteiger partial charge is 0.300 e. The van der Waals surface area contributed by atoms with Crippen LogP contribution >= 0.6 is 11.6 Å². The molecule has 1 atom stereocenters. The number of Topliss-reactive ketones (excluding diaryl/α,β-unsaturated/α-hetero) is 1. The van der Waals surface area contributed by atoms with Crippen molar-refractivity contribution in [1.29, 1.82) is 0 Å². The van der Waals surface area contributed by atoms with Crippen LogP contribution in [-0.4, -0.2) is 23.9 Å². The van der Waals surface area contributed by atoms with Gasteiger partial charge >= 0.3 is 0 Å². The minimum Gasteiger partial charge on any atom is -0.507 e. The van der Waals surface area contributed by atoms with Crippen LogP contribution in [0, 0.1) is 5.82 Å². The lowest BCUT2D eigenvalue weighted by atomic mass is 9.95. The first-order valence-electron chi connectivity index (χ1n) is 9.37. The van der Waals surface area contributed by atoms with Crippen LogP contribution in [-0.2, 0) is 9.59 Å². The van der Waals surface area contributed by atoms with Crippen molar-refractivity contribution in [3.05, 3.63) is 100 Å². The number of benzene rings is 3. The number of ketones is 1. The molecule has 1 aliphatic rings. The van der Waals surface area contributed by atoms with Gasteiger partial charge in [-0.05, 0) is 66.2 Å². The van der Waals surface area contributed by atoms with E-state index in [1.54, 1.807) is 48.5 Å². The molecule has 0 saturated carbocycles. The molecule has 156 valence electrons. The molecule has 1 unspecified atom stereocenters. The summed E-state index contributed by atoms with van der Waals surface area (Å²) >= 11 is 5.93. The molecule has 0 bridgehead atoms. The molecular formula is C24H17ClFNO4. The zero-order valence-corrected chi connectivity index (χ0v) is 17.1. The second-order valence-corrected chi connectivity index (χ2v) is 7.36. The van der Waals surface area contributed by atoms with Crippen molar-refractivity contribution in [2.24, 2.45) is 0 Å². The minimum atomic E-state index is -0.910. The SMILES string of the molecule is COc1ccc(C2C(=C(O)c3ccc(Cl)cc3)C(=O)C(=O)N2c2ccc(F)cc2)cc1. The van der Waals surface area contributed by atoms with Crippen LogP contribution < -0.4 is 9.64 Å². The summed E-state index contributed by atoms with van der Waals surface area (Å²) in [5.74, 6) is -1.84. The summed E-state index contributed by atoms with van der Waals surface area (Å²) in [7, 11) is 1.53. The fourth-order valence-electron chi connectivity index (χ4n) is 3.57. The third-order valence-corrected chi connectivity index (χ3v) is 5.35. The van der Waals surface area contributed by atoms with Gasteiger partial charge < -0.3 is 9.84 Å². The van der Waals surface area contributed by atoms with E-state index in [4.69, 9.17) is 16.3 Å². The Balaban J connectivity index is 1.92. The highest BCUT2D eigenvalue weighted by Gasteiger charge is 2.46. The van der Waals surface area contributed by atoms with Gasteiger partial charge in [0.05, 0.1) is 18.7 Å². The van der Waals surface area contributed by atoms with Crippen molar-refractivity contribution < 1.29 is 23.8 Å². The number of rotatable bonds is 4. The van der Waals surface area contributed by atoms with Crippen LogP contribution in [0.25, 0.3) is 5.76 Å². The summed E-state index contributed by atoms with van der Waals surface area (Å²) in [4.78, 5) is 27.3. The molecule has 1 aliphatic heterocycles. The molecule has 3 aromatic carbocycles. The Labute approximate surface area is 182 Å². The molecule has 0 spiro atoms. The van der Waals surface area contributed by atoms with Gasteiger partial charge in [-0.1, -0.05) is 23.7 Å². The van der Waals surface area contributed by atoms with Crippen molar-refractivity contribution in [1.82, 2.24) is 0 Å². The monoisotopic (exact) mass is 437 g/mol. The number of hydrogen-bond donors (Lipinski definition) is 1. The van der Waals surface area contributed by atoms with Crippen LogP contribution in [0.5, 0.6) is 5.75 Å². The summed E-state index contributed by atoms with van der Waals surface area (Å²) in [6.07, 6.45) is 0. The van der Waals surface area contributed by atoms with Gasteiger partial charge in [-0.25, -0.2) is 4.39 Å². The Morgan fingerprint density at radius 3 is 2.16 bits per heavy atom. The van der Waals surface area contributed by atoms with E-state index >= 15 is 0 Å². The maximum atomic E-state index is 13.5. The minimum absolute atomic E-state index is 0.0678. The fourth-order valence-corrected chi connectivity index (χ4v) is 3.69. The van der Waals surface area contributed by atoms with Gasteiger partial charge in [0.1, 0.15) is 17.3 Å². The van der Waals surface area contributed by atoms with Gasteiger partial charge in [-0.3, -0.25) is 14.5 Å². The summed E-state index contributed by atoms with van der Waals surface area (Å²) in [5, 5.41) is 11.5. The Morgan fingerprint density at radius 1 is 0.968 bits per heavy atom. The molecule has 1 amide bonds. The van der Waals surface area contributed by atoms with Crippen molar-refractivity contribution in [2.75, 3.05) is 12.0 Å². The Morgan fingerprint density at radius 2 is 1.58 bits per heavy atom. The van der Waals surface area contributed by atoms with E-state index in [0.717, 1.165) is 0 Å². The molecule has 1 saturated heterocycles. The lowest BCUT2D eigenvalue weighted by molar-refractivity contribution is -0.132. The molecule has 1 N–H and O–H groups in total. The third-order valence-electron chi connectivity index (χ3n) is 5.10. The number of carbonyl (C=O) groups excluding carboxylic acids is 2. The summed E-state index contributed by atoms with van der Waals surface area (Å²) in [6, 6.07) is 17.4. The molecule has 4 rings (SSSR count). The van der Waals surface area contributed by atoms with Crippen LogP contribution in [0.15, 0.2) is 78.4 Å². The molecule has 0 aromatic heterocycles. The number of carbonyl (C=O) groups is 2. The first kappa shape index (κ1) is 20.6. The maximum absolute atomic E-state index is 13.5. The number of aliphatic hydroxyl groups is 1. The number of anilines is 1. The largest absolute Gasteiger partial charge is 0.507 e. The van der Waals surface area contributed by atoms with E-state index < -0.39 is 23.5 Å². The van der Waals surface area contributed by atoms with E-state index in [0.29, 0.717) is 27.6 Å². The van der Waals surface area contributed by atoms with Gasteiger partial charge in [-0.2, -0.15) is 0 Å². The summed E-state index contributed by atoms with van der Waals surface area (Å²) in [6.45, 7) is 0. The Bertz CT molecular complexity index is 1170. The molecule has 0 radical (unpaired) electrons. The lowest BCUT2D eigenvalue weighted by Gasteiger charge is -2.25. The molecule has 3 aromatic rings. The molecule has 5 nitrogen and oxygen atoms in total. The van der Waals surface area contributed by atoms with E-state index in [1.807, 2.05) is 0 Å². The number of aliphatic hydroxyl groups excluding tert-OH is 1. The first-order valence-corrected chi connectivity index (χ1v) is 9.75. The highest BCUT2D eigenvalue weighted by molar-refractivity contribution is 6.51. The van der Waals surface area contributed by atoms with Crippen LogP contribution in [0.1, 0.15) is 17.2 Å². The Kier molecular flexibility index (Phi) is 5.48.